The van der Waals surface area contributed by atoms with Crippen LogP contribution in [0.4, 0.5) is 0 Å². The first kappa shape index (κ1) is 14.1. The summed E-state index contributed by atoms with van der Waals surface area (Å²) < 4.78 is 0. The van der Waals surface area contributed by atoms with E-state index in [4.69, 9.17) is 0 Å². The van der Waals surface area contributed by atoms with Crippen molar-refractivity contribution >= 4 is 18.2 Å². The Morgan fingerprint density at radius 3 is 2.52 bits per heavy atom. The van der Waals surface area contributed by atoms with Crippen LogP contribution in [-0.2, 0) is 5.72 Å². The number of fused-ring (bicyclic) bond motifs is 3. The molecular formula is C17H17ClN2O. The lowest BCUT2D eigenvalue weighted by atomic mass is 9.94. The van der Waals surface area contributed by atoms with Gasteiger partial charge in [-0.15, -0.1) is 12.4 Å². The van der Waals surface area contributed by atoms with Crippen molar-refractivity contribution in [2.45, 2.75) is 12.1 Å². The van der Waals surface area contributed by atoms with Gasteiger partial charge in [-0.25, -0.2) is 0 Å². The van der Waals surface area contributed by atoms with Crippen LogP contribution in [0.5, 0.6) is 0 Å². The number of amidine groups is 1. The van der Waals surface area contributed by atoms with Crippen LogP contribution in [0.1, 0.15) is 23.1 Å². The van der Waals surface area contributed by atoms with E-state index in [0.717, 1.165) is 42.0 Å². The van der Waals surface area contributed by atoms with E-state index in [9.17, 15) is 5.11 Å². The fraction of sp³-hybridized carbons (Fsp3) is 0.235. The number of aliphatic imine (C=N–C) groups is 1. The summed E-state index contributed by atoms with van der Waals surface area (Å²) in [5.41, 5.74) is 1.81. The van der Waals surface area contributed by atoms with E-state index < -0.39 is 5.72 Å². The maximum atomic E-state index is 11.5. The molecular weight excluding hydrogens is 284 g/mol. The molecule has 0 aliphatic carbocycles. The highest BCUT2D eigenvalue weighted by atomic mass is 35.5. The molecule has 3 nitrogen and oxygen atoms in total. The summed E-state index contributed by atoms with van der Waals surface area (Å²) >= 11 is 0. The highest BCUT2D eigenvalue weighted by Crippen LogP contribution is 2.43. The van der Waals surface area contributed by atoms with Crippen molar-refractivity contribution in [2.24, 2.45) is 4.99 Å². The molecule has 0 radical (unpaired) electrons. The van der Waals surface area contributed by atoms with Crippen molar-refractivity contribution < 1.29 is 5.11 Å². The fourth-order valence-electron chi connectivity index (χ4n) is 3.26. The molecule has 4 heteroatoms. The molecule has 2 heterocycles. The van der Waals surface area contributed by atoms with E-state index in [1.807, 2.05) is 59.5 Å². The minimum atomic E-state index is -1.09. The summed E-state index contributed by atoms with van der Waals surface area (Å²) in [5.74, 6) is 0.929. The van der Waals surface area contributed by atoms with Gasteiger partial charge >= 0.3 is 0 Å². The predicted octanol–water partition coefficient (Wildman–Crippen LogP) is 2.77. The third-order valence-corrected chi connectivity index (χ3v) is 4.17. The molecule has 4 rings (SSSR count). The number of rotatable bonds is 1. The first-order chi connectivity index (χ1) is 9.82. The van der Waals surface area contributed by atoms with Crippen molar-refractivity contribution in [2.75, 3.05) is 13.1 Å². The molecule has 108 valence electrons. The Balaban J connectivity index is 0.00000132. The molecule has 2 aromatic carbocycles. The zero-order chi connectivity index (χ0) is 13.6. The Hall–Kier alpha value is -1.84. The second-order valence-electron chi connectivity index (χ2n) is 5.29. The average molecular weight is 301 g/mol. The van der Waals surface area contributed by atoms with Crippen LogP contribution in [-0.4, -0.2) is 28.9 Å². The largest absolute Gasteiger partial charge is 0.363 e. The quantitative estimate of drug-likeness (QED) is 0.879. The summed E-state index contributed by atoms with van der Waals surface area (Å²) in [5, 5.41) is 11.5. The van der Waals surface area contributed by atoms with Crippen molar-refractivity contribution in [3.8, 4) is 0 Å². The van der Waals surface area contributed by atoms with Gasteiger partial charge in [0.15, 0.2) is 5.72 Å². The number of aliphatic hydroxyl groups is 1. The maximum absolute atomic E-state index is 11.5. The number of benzene rings is 2. The van der Waals surface area contributed by atoms with Crippen molar-refractivity contribution in [3.63, 3.8) is 0 Å². The molecule has 0 saturated carbocycles. The predicted molar refractivity (Wildman–Crippen MR) is 85.9 cm³/mol. The Kier molecular flexibility index (Phi) is 3.47. The van der Waals surface area contributed by atoms with Gasteiger partial charge in [0.1, 0.15) is 5.84 Å². The van der Waals surface area contributed by atoms with Crippen molar-refractivity contribution in [1.29, 1.82) is 0 Å². The van der Waals surface area contributed by atoms with Gasteiger partial charge in [-0.3, -0.25) is 4.99 Å². The van der Waals surface area contributed by atoms with Crippen LogP contribution >= 0.6 is 12.4 Å². The molecule has 1 N–H and O–H groups in total. The lowest BCUT2D eigenvalue weighted by Gasteiger charge is -2.37. The highest BCUT2D eigenvalue weighted by Gasteiger charge is 2.48. The van der Waals surface area contributed by atoms with Gasteiger partial charge in [0.05, 0.1) is 0 Å². The zero-order valence-corrected chi connectivity index (χ0v) is 12.4. The van der Waals surface area contributed by atoms with E-state index in [1.165, 1.54) is 0 Å². The zero-order valence-electron chi connectivity index (χ0n) is 11.6. The Morgan fingerprint density at radius 2 is 1.71 bits per heavy atom. The van der Waals surface area contributed by atoms with E-state index in [2.05, 4.69) is 4.99 Å². The minimum absolute atomic E-state index is 0. The minimum Gasteiger partial charge on any atom is -0.363 e. The molecule has 0 spiro atoms. The van der Waals surface area contributed by atoms with E-state index >= 15 is 0 Å². The second kappa shape index (κ2) is 5.17. The van der Waals surface area contributed by atoms with Crippen LogP contribution in [0, 0.1) is 0 Å². The molecule has 1 atom stereocenters. The highest BCUT2D eigenvalue weighted by molar-refractivity contribution is 6.04. The summed E-state index contributed by atoms with van der Waals surface area (Å²) in [6.45, 7) is 1.67. The first-order valence-electron chi connectivity index (χ1n) is 7.01. The van der Waals surface area contributed by atoms with Gasteiger partial charge in [0.2, 0.25) is 0 Å². The van der Waals surface area contributed by atoms with Gasteiger partial charge in [0.25, 0.3) is 0 Å². The molecule has 1 unspecified atom stereocenters. The normalized spacial score (nSPS) is 22.9. The molecule has 2 aliphatic heterocycles. The van der Waals surface area contributed by atoms with Crippen molar-refractivity contribution in [1.82, 2.24) is 4.90 Å². The van der Waals surface area contributed by atoms with Gasteiger partial charge < -0.3 is 10.0 Å². The van der Waals surface area contributed by atoms with Gasteiger partial charge in [-0.2, -0.15) is 0 Å². The molecule has 0 saturated heterocycles. The fourth-order valence-corrected chi connectivity index (χ4v) is 3.26. The van der Waals surface area contributed by atoms with Crippen LogP contribution in [0.3, 0.4) is 0 Å². The average Bonchev–Trinajstić information content (AvgIpc) is 2.80. The molecule has 2 aromatic rings. The summed E-state index contributed by atoms with van der Waals surface area (Å²) in [6.07, 6.45) is 0.979. The summed E-state index contributed by atoms with van der Waals surface area (Å²) in [4.78, 5) is 6.67. The lowest BCUT2D eigenvalue weighted by molar-refractivity contribution is -0.0317. The lowest BCUT2D eigenvalue weighted by Crippen LogP contribution is -2.47. The van der Waals surface area contributed by atoms with Gasteiger partial charge in [0, 0.05) is 29.8 Å². The van der Waals surface area contributed by atoms with Gasteiger partial charge in [-0.1, -0.05) is 54.6 Å². The monoisotopic (exact) mass is 300 g/mol. The molecule has 2 aliphatic rings. The Labute approximate surface area is 130 Å². The topological polar surface area (TPSA) is 35.8 Å². The number of nitrogens with zero attached hydrogens (tertiary/aromatic N) is 2. The van der Waals surface area contributed by atoms with Gasteiger partial charge in [-0.05, 0) is 6.42 Å². The Bertz CT molecular complexity index is 686. The van der Waals surface area contributed by atoms with Crippen molar-refractivity contribution in [3.05, 3.63) is 71.3 Å². The standard InChI is InChI=1S/C17H16N2O.ClH/c20-17(13-7-2-1-3-8-13)15-10-5-4-9-14(15)16-18-11-6-12-19(16)17;/h1-5,7-10,20H,6,11-12H2;1H. The summed E-state index contributed by atoms with van der Waals surface area (Å²) in [6, 6.07) is 17.9. The molecule has 0 bridgehead atoms. The van der Waals surface area contributed by atoms with Crippen LogP contribution in [0.15, 0.2) is 59.6 Å². The second-order valence-corrected chi connectivity index (χ2v) is 5.29. The molecule has 0 amide bonds. The smallest absolute Gasteiger partial charge is 0.193 e. The molecule has 21 heavy (non-hydrogen) atoms. The maximum Gasteiger partial charge on any atom is 0.193 e. The van der Waals surface area contributed by atoms with E-state index in [-0.39, 0.29) is 12.4 Å². The number of hydrogen-bond donors (Lipinski definition) is 1. The van der Waals surface area contributed by atoms with Crippen LogP contribution in [0.2, 0.25) is 0 Å². The molecule has 0 aromatic heterocycles. The Morgan fingerprint density at radius 1 is 1.00 bits per heavy atom. The number of hydrogen-bond acceptors (Lipinski definition) is 3. The number of halogens is 1. The summed E-state index contributed by atoms with van der Waals surface area (Å²) in [7, 11) is 0. The van der Waals surface area contributed by atoms with E-state index in [0.29, 0.717) is 0 Å². The van der Waals surface area contributed by atoms with Crippen LogP contribution in [0.25, 0.3) is 0 Å². The SMILES string of the molecule is Cl.OC1(c2ccccc2)c2ccccc2C2=NCCCN21. The first-order valence-corrected chi connectivity index (χ1v) is 7.01. The van der Waals surface area contributed by atoms with E-state index in [1.54, 1.807) is 0 Å². The third kappa shape index (κ3) is 1.88. The third-order valence-electron chi connectivity index (χ3n) is 4.17. The molecule has 0 fully saturated rings. The van der Waals surface area contributed by atoms with Crippen LogP contribution < -0.4 is 0 Å².